The van der Waals surface area contributed by atoms with E-state index in [1.54, 1.807) is 19.2 Å². The molecule has 3 aromatic carbocycles. The number of amides is 1. The Kier molecular flexibility index (Phi) is 4.29. The molecule has 0 heterocycles. The zero-order chi connectivity index (χ0) is 16.2. The van der Waals surface area contributed by atoms with Gasteiger partial charge in [-0.1, -0.05) is 48.5 Å². The van der Waals surface area contributed by atoms with Crippen LogP contribution in [0.25, 0.3) is 10.8 Å². The number of methoxy groups -OCH3 is 1. The Bertz CT molecular complexity index is 836. The van der Waals surface area contributed by atoms with Crippen LogP contribution in [0.15, 0.2) is 66.7 Å². The van der Waals surface area contributed by atoms with E-state index in [1.807, 2.05) is 37.3 Å². The normalized spacial score (nSPS) is 11.9. The number of ether oxygens (including phenoxy) is 1. The molecule has 1 N–H and O–H groups in total. The van der Waals surface area contributed by atoms with Crippen LogP contribution < -0.4 is 10.1 Å². The smallest absolute Gasteiger partial charge is 0.251 e. The third-order valence-corrected chi connectivity index (χ3v) is 3.97. The number of carbonyl (C=O) groups is 1. The average molecular weight is 305 g/mol. The van der Waals surface area contributed by atoms with Crippen molar-refractivity contribution in [1.29, 1.82) is 0 Å². The summed E-state index contributed by atoms with van der Waals surface area (Å²) in [5, 5.41) is 5.40. The fourth-order valence-corrected chi connectivity index (χ4v) is 2.75. The van der Waals surface area contributed by atoms with E-state index in [0.717, 1.165) is 10.9 Å². The van der Waals surface area contributed by atoms with E-state index < -0.39 is 0 Å². The van der Waals surface area contributed by atoms with E-state index in [-0.39, 0.29) is 11.9 Å². The van der Waals surface area contributed by atoms with Crippen molar-refractivity contribution in [2.24, 2.45) is 0 Å². The minimum absolute atomic E-state index is 0.0835. The van der Waals surface area contributed by atoms with Crippen LogP contribution in [0.5, 0.6) is 5.75 Å². The Labute approximate surface area is 135 Å². The van der Waals surface area contributed by atoms with Crippen molar-refractivity contribution in [3.63, 3.8) is 0 Å². The Morgan fingerprint density at radius 3 is 2.57 bits per heavy atom. The molecule has 3 nitrogen and oxygen atoms in total. The van der Waals surface area contributed by atoms with Gasteiger partial charge in [-0.25, -0.2) is 0 Å². The third-order valence-electron chi connectivity index (χ3n) is 3.97. The third kappa shape index (κ3) is 3.19. The molecule has 0 fully saturated rings. The van der Waals surface area contributed by atoms with E-state index in [1.165, 1.54) is 5.39 Å². The molecule has 3 aromatic rings. The van der Waals surface area contributed by atoms with Crippen LogP contribution in [0, 0.1) is 0 Å². The molecule has 0 spiro atoms. The predicted octanol–water partition coefficient (Wildman–Crippen LogP) is 4.34. The lowest BCUT2D eigenvalue weighted by atomic mass is 9.99. The Hall–Kier alpha value is -2.81. The molecule has 0 bridgehead atoms. The predicted molar refractivity (Wildman–Crippen MR) is 92.8 cm³/mol. The van der Waals surface area contributed by atoms with Gasteiger partial charge >= 0.3 is 0 Å². The molecule has 0 aliphatic carbocycles. The molecule has 1 atom stereocenters. The van der Waals surface area contributed by atoms with Gasteiger partial charge in [0, 0.05) is 5.56 Å². The molecule has 0 saturated carbocycles. The second-order valence-electron chi connectivity index (χ2n) is 5.50. The monoisotopic (exact) mass is 305 g/mol. The van der Waals surface area contributed by atoms with Gasteiger partial charge in [0.15, 0.2) is 0 Å². The van der Waals surface area contributed by atoms with E-state index in [4.69, 9.17) is 4.74 Å². The summed E-state index contributed by atoms with van der Waals surface area (Å²) in [5.41, 5.74) is 1.70. The van der Waals surface area contributed by atoms with Crippen molar-refractivity contribution in [3.8, 4) is 5.75 Å². The highest BCUT2D eigenvalue weighted by molar-refractivity contribution is 5.95. The van der Waals surface area contributed by atoms with Gasteiger partial charge in [-0.05, 0) is 41.5 Å². The van der Waals surface area contributed by atoms with Gasteiger partial charge < -0.3 is 10.1 Å². The van der Waals surface area contributed by atoms with Crippen LogP contribution in [-0.2, 0) is 0 Å². The summed E-state index contributed by atoms with van der Waals surface area (Å²) in [4.78, 5) is 12.5. The largest absolute Gasteiger partial charge is 0.497 e. The summed E-state index contributed by atoms with van der Waals surface area (Å²) in [5.74, 6) is 0.569. The van der Waals surface area contributed by atoms with Crippen molar-refractivity contribution >= 4 is 16.7 Å². The van der Waals surface area contributed by atoms with E-state index >= 15 is 0 Å². The summed E-state index contributed by atoms with van der Waals surface area (Å²) >= 11 is 0. The second kappa shape index (κ2) is 6.53. The average Bonchev–Trinajstić information content (AvgIpc) is 2.61. The van der Waals surface area contributed by atoms with Crippen LogP contribution in [0.3, 0.4) is 0 Å². The lowest BCUT2D eigenvalue weighted by Crippen LogP contribution is -2.26. The van der Waals surface area contributed by atoms with Gasteiger partial charge in [-0.15, -0.1) is 0 Å². The van der Waals surface area contributed by atoms with E-state index in [9.17, 15) is 4.79 Å². The van der Waals surface area contributed by atoms with Crippen LogP contribution >= 0.6 is 0 Å². The summed E-state index contributed by atoms with van der Waals surface area (Å²) in [6.07, 6.45) is 0. The fraction of sp³-hybridized carbons (Fsp3) is 0.150. The first kappa shape index (κ1) is 15.1. The highest BCUT2D eigenvalue weighted by Gasteiger charge is 2.14. The van der Waals surface area contributed by atoms with E-state index in [0.29, 0.717) is 11.3 Å². The molecule has 3 rings (SSSR count). The zero-order valence-corrected chi connectivity index (χ0v) is 13.2. The maximum Gasteiger partial charge on any atom is 0.251 e. The molecule has 0 aromatic heterocycles. The summed E-state index contributed by atoms with van der Waals surface area (Å²) in [6.45, 7) is 2.00. The molecular formula is C20H19NO2. The first-order chi connectivity index (χ1) is 11.2. The topological polar surface area (TPSA) is 38.3 Å². The van der Waals surface area contributed by atoms with Crippen LogP contribution in [0.1, 0.15) is 28.9 Å². The quantitative estimate of drug-likeness (QED) is 0.778. The summed E-state index contributed by atoms with van der Waals surface area (Å²) < 4.78 is 5.17. The second-order valence-corrected chi connectivity index (χ2v) is 5.50. The maximum absolute atomic E-state index is 12.5. The molecule has 1 amide bonds. The van der Waals surface area contributed by atoms with Crippen LogP contribution in [-0.4, -0.2) is 13.0 Å². The number of carbonyl (C=O) groups excluding carboxylic acids is 1. The molecule has 0 aliphatic rings. The van der Waals surface area contributed by atoms with Crippen LogP contribution in [0.4, 0.5) is 0 Å². The Morgan fingerprint density at radius 2 is 1.74 bits per heavy atom. The van der Waals surface area contributed by atoms with Crippen molar-refractivity contribution in [3.05, 3.63) is 77.9 Å². The van der Waals surface area contributed by atoms with Crippen LogP contribution in [0.2, 0.25) is 0 Å². The number of hydrogen-bond acceptors (Lipinski definition) is 2. The summed E-state index contributed by atoms with van der Waals surface area (Å²) in [7, 11) is 1.59. The number of fused-ring (bicyclic) bond motifs is 1. The van der Waals surface area contributed by atoms with E-state index in [2.05, 4.69) is 29.6 Å². The zero-order valence-electron chi connectivity index (χ0n) is 13.2. The lowest BCUT2D eigenvalue weighted by Gasteiger charge is -2.17. The molecule has 0 radical (unpaired) electrons. The van der Waals surface area contributed by atoms with Crippen molar-refractivity contribution < 1.29 is 9.53 Å². The van der Waals surface area contributed by atoms with Crippen molar-refractivity contribution in [1.82, 2.24) is 5.32 Å². The molecule has 0 aliphatic heterocycles. The number of hydrogen-bond donors (Lipinski definition) is 1. The first-order valence-corrected chi connectivity index (χ1v) is 7.61. The van der Waals surface area contributed by atoms with Gasteiger partial charge in [0.2, 0.25) is 0 Å². The fourth-order valence-electron chi connectivity index (χ4n) is 2.75. The minimum Gasteiger partial charge on any atom is -0.497 e. The number of rotatable bonds is 4. The van der Waals surface area contributed by atoms with Gasteiger partial charge in [0.25, 0.3) is 5.91 Å². The van der Waals surface area contributed by atoms with Gasteiger partial charge in [0.1, 0.15) is 5.75 Å². The molecule has 1 unspecified atom stereocenters. The van der Waals surface area contributed by atoms with Crippen molar-refractivity contribution in [2.75, 3.05) is 7.11 Å². The first-order valence-electron chi connectivity index (χ1n) is 7.61. The lowest BCUT2D eigenvalue weighted by molar-refractivity contribution is 0.0940. The molecule has 0 saturated heterocycles. The van der Waals surface area contributed by atoms with Gasteiger partial charge in [0.05, 0.1) is 13.2 Å². The molecule has 116 valence electrons. The summed E-state index contributed by atoms with van der Waals surface area (Å²) in [6, 6.07) is 21.4. The highest BCUT2D eigenvalue weighted by atomic mass is 16.5. The number of benzene rings is 3. The minimum atomic E-state index is -0.107. The molecule has 23 heavy (non-hydrogen) atoms. The molecule has 3 heteroatoms. The molecular weight excluding hydrogens is 286 g/mol. The van der Waals surface area contributed by atoms with Gasteiger partial charge in [-0.3, -0.25) is 4.79 Å². The highest BCUT2D eigenvalue weighted by Crippen LogP contribution is 2.24. The van der Waals surface area contributed by atoms with Gasteiger partial charge in [-0.2, -0.15) is 0 Å². The Balaban J connectivity index is 1.85. The number of nitrogens with one attached hydrogen (secondary N) is 1. The SMILES string of the molecule is COc1cccc(C(=O)NC(C)c2cccc3ccccc23)c1. The van der Waals surface area contributed by atoms with Crippen molar-refractivity contribution in [2.45, 2.75) is 13.0 Å². The standard InChI is InChI=1S/C20H19NO2/c1-14(18-12-6-8-15-7-3-4-11-19(15)18)21-20(22)16-9-5-10-17(13-16)23-2/h3-14H,1-2H3,(H,21,22). The Morgan fingerprint density at radius 1 is 1.00 bits per heavy atom. The maximum atomic E-state index is 12.5.